The van der Waals surface area contributed by atoms with Gasteiger partial charge in [0, 0.05) is 12.2 Å². The van der Waals surface area contributed by atoms with Crippen molar-refractivity contribution in [1.82, 2.24) is 0 Å². The van der Waals surface area contributed by atoms with Crippen LogP contribution in [0, 0.1) is 5.92 Å². The van der Waals surface area contributed by atoms with E-state index in [1.54, 1.807) is 0 Å². The molecule has 0 aliphatic carbocycles. The second-order valence-corrected chi connectivity index (χ2v) is 3.00. The summed E-state index contributed by atoms with van der Waals surface area (Å²) in [6.07, 6.45) is 0.488. The Morgan fingerprint density at radius 1 is 1.60 bits per heavy atom. The Hall–Kier alpha value is -0.0200. The van der Waals surface area contributed by atoms with Crippen molar-refractivity contribution >= 4 is 18.4 Å². The first-order chi connectivity index (χ1) is 4.57. The van der Waals surface area contributed by atoms with Gasteiger partial charge in [0.05, 0.1) is 6.04 Å². The molecule has 0 aliphatic rings. The lowest BCUT2D eigenvalue weighted by Gasteiger charge is -2.07. The summed E-state index contributed by atoms with van der Waals surface area (Å²) in [6, 6.07) is -0.391. The molecule has 0 saturated carbocycles. The molecule has 0 saturated heterocycles. The van der Waals surface area contributed by atoms with Crippen molar-refractivity contribution in [2.24, 2.45) is 5.73 Å². The number of rotatable bonds is 4. The van der Waals surface area contributed by atoms with E-state index >= 15 is 0 Å². The van der Waals surface area contributed by atoms with E-state index in [0.29, 0.717) is 12.2 Å². The van der Waals surface area contributed by atoms with Crippen LogP contribution in [0.1, 0.15) is 20.3 Å². The van der Waals surface area contributed by atoms with Crippen LogP contribution in [0.2, 0.25) is 0 Å². The standard InChI is InChI=1S/C7H14NOS/c1-5(2)3-7(9)6(8)4-10/h6,10H,3-4,8H2,1-2H3/t6-/m1/s1. The fourth-order valence-electron chi connectivity index (χ4n) is 0.581. The highest BCUT2D eigenvalue weighted by molar-refractivity contribution is 7.80. The zero-order chi connectivity index (χ0) is 8.15. The van der Waals surface area contributed by atoms with Crippen LogP contribution in [-0.4, -0.2) is 17.6 Å². The van der Waals surface area contributed by atoms with Crippen LogP contribution in [0.15, 0.2) is 0 Å². The molecule has 0 heterocycles. The Kier molecular flexibility index (Phi) is 4.73. The number of ketones is 1. The van der Waals surface area contributed by atoms with Crippen LogP contribution in [0.25, 0.3) is 0 Å². The minimum Gasteiger partial charge on any atom is -0.321 e. The highest BCUT2D eigenvalue weighted by atomic mass is 32.1. The van der Waals surface area contributed by atoms with Crippen LogP contribution in [-0.2, 0) is 4.79 Å². The van der Waals surface area contributed by atoms with Gasteiger partial charge < -0.3 is 5.73 Å². The van der Waals surface area contributed by atoms with Gasteiger partial charge >= 0.3 is 0 Å². The van der Waals surface area contributed by atoms with Crippen molar-refractivity contribution in [1.29, 1.82) is 0 Å². The van der Waals surface area contributed by atoms with E-state index in [1.165, 1.54) is 0 Å². The molecule has 10 heavy (non-hydrogen) atoms. The molecule has 0 aliphatic heterocycles. The van der Waals surface area contributed by atoms with Gasteiger partial charge in [0.15, 0.2) is 5.78 Å². The maximum Gasteiger partial charge on any atom is 0.150 e. The summed E-state index contributed by atoms with van der Waals surface area (Å²) in [5, 5.41) is 0. The molecule has 3 heteroatoms. The highest BCUT2D eigenvalue weighted by Gasteiger charge is 2.12. The number of nitrogens with two attached hydrogens (primary N) is 1. The third-order valence-electron chi connectivity index (χ3n) is 1.14. The van der Waals surface area contributed by atoms with Gasteiger partial charge in [0.25, 0.3) is 0 Å². The molecular weight excluding hydrogens is 146 g/mol. The molecule has 0 unspecified atom stereocenters. The summed E-state index contributed by atoms with van der Waals surface area (Å²) in [7, 11) is 0. The Bertz CT molecular complexity index is 114. The largest absolute Gasteiger partial charge is 0.321 e. The molecule has 59 valence electrons. The Labute approximate surface area is 67.6 Å². The van der Waals surface area contributed by atoms with Crippen molar-refractivity contribution in [3.8, 4) is 0 Å². The maximum absolute atomic E-state index is 11.0. The fraction of sp³-hybridized carbons (Fsp3) is 0.714. The molecule has 0 rings (SSSR count). The van der Waals surface area contributed by atoms with Crippen molar-refractivity contribution < 1.29 is 4.79 Å². The summed E-state index contributed by atoms with van der Waals surface area (Å²) in [6.45, 7) is 3.84. The number of Topliss-reactive ketones (excluding diaryl/α,β-unsaturated/α-hetero) is 1. The average Bonchev–Trinajstić information content (AvgIpc) is 1.85. The van der Waals surface area contributed by atoms with Crippen LogP contribution in [0.3, 0.4) is 0 Å². The third kappa shape index (κ3) is 3.90. The van der Waals surface area contributed by atoms with Gasteiger partial charge in [-0.15, -0.1) is 0 Å². The predicted molar refractivity (Wildman–Crippen MR) is 46.0 cm³/mol. The second-order valence-electron chi connectivity index (χ2n) is 2.64. The molecule has 2 N–H and O–H groups in total. The normalized spacial score (nSPS) is 13.7. The van der Waals surface area contributed by atoms with Crippen LogP contribution in [0.4, 0.5) is 0 Å². The monoisotopic (exact) mass is 160 g/mol. The molecule has 0 amide bonds. The molecule has 0 spiro atoms. The molecule has 0 aromatic rings. The molecule has 2 nitrogen and oxygen atoms in total. The highest BCUT2D eigenvalue weighted by Crippen LogP contribution is 2.04. The lowest BCUT2D eigenvalue weighted by atomic mass is 10.0. The SMILES string of the molecule is C[C](C)CC(=O)[C@H](N)CS. The van der Waals surface area contributed by atoms with E-state index in [9.17, 15) is 4.79 Å². The molecule has 1 radical (unpaired) electrons. The fourth-order valence-corrected chi connectivity index (χ4v) is 0.785. The van der Waals surface area contributed by atoms with E-state index in [1.807, 2.05) is 13.8 Å². The summed E-state index contributed by atoms with van der Waals surface area (Å²) < 4.78 is 0. The third-order valence-corrected chi connectivity index (χ3v) is 1.53. The molecule has 0 fully saturated rings. The lowest BCUT2D eigenvalue weighted by molar-refractivity contribution is -0.119. The smallest absolute Gasteiger partial charge is 0.150 e. The topological polar surface area (TPSA) is 43.1 Å². The Balaban J connectivity index is 3.62. The van der Waals surface area contributed by atoms with Crippen LogP contribution in [0.5, 0.6) is 0 Å². The zero-order valence-corrected chi connectivity index (χ0v) is 7.32. The number of hydrogen-bond acceptors (Lipinski definition) is 3. The van der Waals surface area contributed by atoms with E-state index in [2.05, 4.69) is 12.6 Å². The minimum atomic E-state index is -0.391. The summed E-state index contributed by atoms with van der Waals surface area (Å²) in [5.41, 5.74) is 5.43. The molecule has 1 atom stereocenters. The van der Waals surface area contributed by atoms with Crippen molar-refractivity contribution in [2.45, 2.75) is 26.3 Å². The van der Waals surface area contributed by atoms with Crippen LogP contribution < -0.4 is 5.73 Å². The van der Waals surface area contributed by atoms with Gasteiger partial charge in [-0.05, 0) is 5.92 Å². The van der Waals surface area contributed by atoms with Gasteiger partial charge in [-0.2, -0.15) is 12.6 Å². The first-order valence-electron chi connectivity index (χ1n) is 3.26. The lowest BCUT2D eigenvalue weighted by Crippen LogP contribution is -2.32. The number of carbonyl (C=O) groups is 1. The van der Waals surface area contributed by atoms with E-state index < -0.39 is 6.04 Å². The van der Waals surface area contributed by atoms with Crippen molar-refractivity contribution in [2.75, 3.05) is 5.75 Å². The quantitative estimate of drug-likeness (QED) is 0.598. The first kappa shape index (κ1) is 9.98. The molecule has 0 aromatic heterocycles. The van der Waals surface area contributed by atoms with E-state index in [4.69, 9.17) is 5.73 Å². The van der Waals surface area contributed by atoms with Gasteiger partial charge in [0.2, 0.25) is 0 Å². The summed E-state index contributed by atoms with van der Waals surface area (Å²) in [5.74, 6) is 1.61. The minimum absolute atomic E-state index is 0.0787. The number of hydrogen-bond donors (Lipinski definition) is 2. The van der Waals surface area contributed by atoms with E-state index in [-0.39, 0.29) is 5.78 Å². The second kappa shape index (κ2) is 4.74. The van der Waals surface area contributed by atoms with Crippen LogP contribution >= 0.6 is 12.6 Å². The van der Waals surface area contributed by atoms with Gasteiger partial charge in [-0.3, -0.25) is 4.79 Å². The molecule has 0 aromatic carbocycles. The summed E-state index contributed by atoms with van der Waals surface area (Å²) >= 11 is 3.92. The van der Waals surface area contributed by atoms with Gasteiger partial charge in [-0.1, -0.05) is 13.8 Å². The molecule has 0 bridgehead atoms. The van der Waals surface area contributed by atoms with Gasteiger partial charge in [0.1, 0.15) is 0 Å². The van der Waals surface area contributed by atoms with Crippen molar-refractivity contribution in [3.05, 3.63) is 5.92 Å². The number of carbonyl (C=O) groups excluding carboxylic acids is 1. The van der Waals surface area contributed by atoms with Crippen molar-refractivity contribution in [3.63, 3.8) is 0 Å². The van der Waals surface area contributed by atoms with E-state index in [0.717, 1.165) is 5.92 Å². The van der Waals surface area contributed by atoms with Gasteiger partial charge in [-0.25, -0.2) is 0 Å². The Morgan fingerprint density at radius 3 is 2.40 bits per heavy atom. The molecular formula is C7H14NOS. The number of thiol groups is 1. The average molecular weight is 160 g/mol. The Morgan fingerprint density at radius 2 is 2.10 bits per heavy atom. The zero-order valence-electron chi connectivity index (χ0n) is 6.42. The first-order valence-corrected chi connectivity index (χ1v) is 3.89. The summed E-state index contributed by atoms with van der Waals surface area (Å²) in [4.78, 5) is 11.0. The predicted octanol–water partition coefficient (Wildman–Crippen LogP) is 0.817. The maximum atomic E-state index is 11.0.